The molecule has 1 fully saturated rings. The molecule has 2 rings (SSSR count). The van der Waals surface area contributed by atoms with E-state index in [2.05, 4.69) is 4.98 Å². The summed E-state index contributed by atoms with van der Waals surface area (Å²) in [4.78, 5) is 15.8. The van der Waals surface area contributed by atoms with Gasteiger partial charge in [0, 0.05) is 5.69 Å². The molecular weight excluding hydrogens is 243 g/mol. The first-order valence-electron chi connectivity index (χ1n) is 6.27. The van der Waals surface area contributed by atoms with Crippen LogP contribution in [0.3, 0.4) is 0 Å². The molecule has 102 valence electrons. The van der Waals surface area contributed by atoms with Gasteiger partial charge in [0.25, 0.3) is 0 Å². The van der Waals surface area contributed by atoms with Crippen LogP contribution in [-0.2, 0) is 9.31 Å². The van der Waals surface area contributed by atoms with Crippen molar-refractivity contribution in [1.82, 2.24) is 4.98 Å². The van der Waals surface area contributed by atoms with Crippen LogP contribution in [0.25, 0.3) is 0 Å². The summed E-state index contributed by atoms with van der Waals surface area (Å²) in [6.45, 7) is 9.65. The van der Waals surface area contributed by atoms with Crippen molar-refractivity contribution in [2.75, 3.05) is 0 Å². The van der Waals surface area contributed by atoms with Crippen LogP contribution in [0.2, 0.25) is 0 Å². The molecule has 0 aromatic carbocycles. The Bertz CT molecular complexity index is 513. The number of hydrogen-bond donors (Lipinski definition) is 1. The topological polar surface area (TPSA) is 74.4 Å². The summed E-state index contributed by atoms with van der Waals surface area (Å²) in [5.74, 6) is -0.530. The Morgan fingerprint density at radius 1 is 1.21 bits per heavy atom. The molecule has 2 heterocycles. The van der Waals surface area contributed by atoms with Gasteiger partial charge < -0.3 is 15.0 Å². The molecule has 2 N–H and O–H groups in total. The second-order valence-corrected chi connectivity index (χ2v) is 5.84. The summed E-state index contributed by atoms with van der Waals surface area (Å²) in [6, 6.07) is 3.40. The Morgan fingerprint density at radius 2 is 1.74 bits per heavy atom. The number of amides is 1. The fourth-order valence-corrected chi connectivity index (χ4v) is 1.92. The van der Waals surface area contributed by atoms with Crippen molar-refractivity contribution in [2.45, 2.75) is 45.8 Å². The highest BCUT2D eigenvalue weighted by atomic mass is 16.7. The van der Waals surface area contributed by atoms with E-state index in [-0.39, 0.29) is 0 Å². The number of nitrogens with zero attached hydrogens (tertiary/aromatic N) is 1. The zero-order chi connectivity index (χ0) is 14.4. The largest absolute Gasteiger partial charge is 0.515 e. The van der Waals surface area contributed by atoms with Gasteiger partial charge in [-0.3, -0.25) is 9.78 Å². The van der Waals surface area contributed by atoms with Crippen LogP contribution >= 0.6 is 0 Å². The predicted octanol–water partition coefficient (Wildman–Crippen LogP) is 0.788. The molecule has 0 atom stereocenters. The van der Waals surface area contributed by atoms with Crippen molar-refractivity contribution in [3.05, 3.63) is 23.4 Å². The number of pyridine rings is 1. The highest BCUT2D eigenvalue weighted by Gasteiger charge is 2.53. The summed E-state index contributed by atoms with van der Waals surface area (Å²) in [7, 11) is -0.674. The average molecular weight is 262 g/mol. The summed E-state index contributed by atoms with van der Waals surface area (Å²) < 4.78 is 11.8. The van der Waals surface area contributed by atoms with Crippen LogP contribution in [0.1, 0.15) is 43.7 Å². The first kappa shape index (κ1) is 14.0. The lowest BCUT2D eigenvalue weighted by atomic mass is 9.80. The number of primary amides is 1. The van der Waals surface area contributed by atoms with Gasteiger partial charge in [0.15, 0.2) is 0 Å². The molecule has 1 saturated heterocycles. The van der Waals surface area contributed by atoms with Crippen LogP contribution in [0.4, 0.5) is 0 Å². The van der Waals surface area contributed by atoms with E-state index in [9.17, 15) is 4.79 Å². The minimum absolute atomic E-state index is 0.337. The third-order valence-electron chi connectivity index (χ3n) is 3.81. The lowest BCUT2D eigenvalue weighted by Gasteiger charge is -2.32. The summed E-state index contributed by atoms with van der Waals surface area (Å²) in [5.41, 5.74) is 6.00. The van der Waals surface area contributed by atoms with E-state index in [0.29, 0.717) is 11.2 Å². The van der Waals surface area contributed by atoms with Crippen molar-refractivity contribution in [3.8, 4) is 0 Å². The average Bonchev–Trinajstić information content (AvgIpc) is 2.47. The molecule has 0 bridgehead atoms. The number of aromatic nitrogens is 1. The van der Waals surface area contributed by atoms with E-state index in [1.807, 2.05) is 34.6 Å². The highest BCUT2D eigenvalue weighted by Crippen LogP contribution is 2.36. The van der Waals surface area contributed by atoms with E-state index >= 15 is 0 Å². The Labute approximate surface area is 113 Å². The van der Waals surface area contributed by atoms with Crippen molar-refractivity contribution in [1.29, 1.82) is 0 Å². The Morgan fingerprint density at radius 3 is 2.21 bits per heavy atom. The summed E-state index contributed by atoms with van der Waals surface area (Å²) in [6.07, 6.45) is 0. The van der Waals surface area contributed by atoms with E-state index in [1.54, 1.807) is 12.1 Å². The molecule has 6 heteroatoms. The van der Waals surface area contributed by atoms with Gasteiger partial charge in [-0.25, -0.2) is 0 Å². The van der Waals surface area contributed by atoms with Crippen molar-refractivity contribution in [3.63, 3.8) is 0 Å². The van der Waals surface area contributed by atoms with Gasteiger partial charge in [-0.15, -0.1) is 0 Å². The molecule has 1 aromatic rings. The zero-order valence-corrected chi connectivity index (χ0v) is 12.0. The maximum absolute atomic E-state index is 11.5. The van der Waals surface area contributed by atoms with Gasteiger partial charge in [0.2, 0.25) is 5.91 Å². The molecule has 0 unspecified atom stereocenters. The quantitative estimate of drug-likeness (QED) is 0.799. The van der Waals surface area contributed by atoms with Gasteiger partial charge in [0.1, 0.15) is 0 Å². The smallest absolute Gasteiger partial charge is 0.398 e. The molecule has 0 saturated carbocycles. The number of carbonyl (C=O) groups is 1. The number of carbonyl (C=O) groups excluding carboxylic acids is 1. The molecule has 0 aliphatic carbocycles. The summed E-state index contributed by atoms with van der Waals surface area (Å²) in [5, 5.41) is 0. The minimum atomic E-state index is -0.674. The molecule has 19 heavy (non-hydrogen) atoms. The third kappa shape index (κ3) is 2.38. The molecule has 1 aromatic heterocycles. The molecule has 0 radical (unpaired) electrons. The van der Waals surface area contributed by atoms with Crippen molar-refractivity contribution < 1.29 is 14.1 Å². The van der Waals surface area contributed by atoms with E-state index in [4.69, 9.17) is 15.0 Å². The van der Waals surface area contributed by atoms with Crippen molar-refractivity contribution >= 4 is 18.6 Å². The number of rotatable bonds is 2. The van der Waals surface area contributed by atoms with Gasteiger partial charge in [-0.2, -0.15) is 0 Å². The van der Waals surface area contributed by atoms with E-state index in [1.165, 1.54) is 0 Å². The first-order chi connectivity index (χ1) is 8.64. The summed E-state index contributed by atoms with van der Waals surface area (Å²) >= 11 is 0. The first-order valence-corrected chi connectivity index (χ1v) is 6.27. The molecule has 1 aliphatic heterocycles. The lowest BCUT2D eigenvalue weighted by Crippen LogP contribution is -2.41. The van der Waals surface area contributed by atoms with E-state index < -0.39 is 24.2 Å². The number of hydrogen-bond acceptors (Lipinski definition) is 4. The third-order valence-corrected chi connectivity index (χ3v) is 3.81. The van der Waals surface area contributed by atoms with Crippen LogP contribution < -0.4 is 11.3 Å². The SMILES string of the molecule is Cc1ccc(C(N)=O)c(B2OC(C)(C)C(C)(C)O2)n1. The van der Waals surface area contributed by atoms with Gasteiger partial charge in [-0.1, -0.05) is 0 Å². The molecule has 1 amide bonds. The predicted molar refractivity (Wildman–Crippen MR) is 73.2 cm³/mol. The van der Waals surface area contributed by atoms with Crippen molar-refractivity contribution in [2.24, 2.45) is 5.73 Å². The molecule has 5 nitrogen and oxygen atoms in total. The standard InChI is InChI=1S/C13H19BN2O3/c1-8-6-7-9(11(15)17)10(16-8)14-18-12(2,3)13(4,5)19-14/h6-7H,1-5H3,(H2,15,17). The maximum atomic E-state index is 11.5. The maximum Gasteiger partial charge on any atom is 0.515 e. The zero-order valence-electron chi connectivity index (χ0n) is 12.0. The highest BCUT2D eigenvalue weighted by molar-refractivity contribution is 6.62. The van der Waals surface area contributed by atoms with Crippen LogP contribution in [0.15, 0.2) is 12.1 Å². The number of nitrogens with two attached hydrogens (primary N) is 1. The fourth-order valence-electron chi connectivity index (χ4n) is 1.92. The lowest BCUT2D eigenvalue weighted by molar-refractivity contribution is 0.00578. The Balaban J connectivity index is 2.44. The monoisotopic (exact) mass is 262 g/mol. The fraction of sp³-hybridized carbons (Fsp3) is 0.538. The van der Waals surface area contributed by atoms with E-state index in [0.717, 1.165) is 5.69 Å². The molecular formula is C13H19BN2O3. The van der Waals surface area contributed by atoms with Gasteiger partial charge in [-0.05, 0) is 46.8 Å². The second kappa shape index (κ2) is 4.32. The Hall–Kier alpha value is -1.40. The minimum Gasteiger partial charge on any atom is -0.398 e. The van der Waals surface area contributed by atoms with Crippen LogP contribution in [0, 0.1) is 6.92 Å². The molecule has 1 aliphatic rings. The van der Waals surface area contributed by atoms with Gasteiger partial charge in [0.05, 0.1) is 22.4 Å². The van der Waals surface area contributed by atoms with Gasteiger partial charge >= 0.3 is 7.12 Å². The molecule has 0 spiro atoms. The van der Waals surface area contributed by atoms with Crippen LogP contribution in [-0.4, -0.2) is 29.2 Å². The van der Waals surface area contributed by atoms with Crippen LogP contribution in [0.5, 0.6) is 0 Å². The number of aryl methyl sites for hydroxylation is 1. The Kier molecular flexibility index (Phi) is 3.19. The second-order valence-electron chi connectivity index (χ2n) is 5.84. The normalized spacial score (nSPS) is 20.6.